The Kier molecular flexibility index (Phi) is 4.31. The number of ether oxygens (including phenoxy) is 1. The fraction of sp³-hybridized carbons (Fsp3) is 0.0556. The van der Waals surface area contributed by atoms with Gasteiger partial charge in [0.25, 0.3) is 0 Å². The normalized spacial score (nSPS) is 10.6. The van der Waals surface area contributed by atoms with Crippen molar-refractivity contribution in [1.82, 2.24) is 4.98 Å². The summed E-state index contributed by atoms with van der Waals surface area (Å²) in [5.74, 6) is 0.593. The summed E-state index contributed by atoms with van der Waals surface area (Å²) in [7, 11) is 0. The number of aromatic nitrogens is 1. The Hall–Kier alpha value is -2.13. The molecule has 0 bridgehead atoms. The van der Waals surface area contributed by atoms with Gasteiger partial charge < -0.3 is 4.74 Å². The molecule has 0 amide bonds. The summed E-state index contributed by atoms with van der Waals surface area (Å²) >= 11 is 3.48. The van der Waals surface area contributed by atoms with Crippen LogP contribution in [0.3, 0.4) is 0 Å². The van der Waals surface area contributed by atoms with Crippen LogP contribution in [0.15, 0.2) is 83.5 Å². The molecular formula is C18H14BrNO. The van der Waals surface area contributed by atoms with Gasteiger partial charge in [-0.3, -0.25) is 0 Å². The summed E-state index contributed by atoms with van der Waals surface area (Å²) in [5.41, 5.74) is 2.20. The molecule has 3 heteroatoms. The van der Waals surface area contributed by atoms with Gasteiger partial charge in [0.15, 0.2) is 6.10 Å². The maximum atomic E-state index is 6.16. The second-order valence-corrected chi connectivity index (χ2v) is 5.46. The summed E-state index contributed by atoms with van der Waals surface area (Å²) in [6.45, 7) is 0. The van der Waals surface area contributed by atoms with Gasteiger partial charge in [-0.05, 0) is 39.2 Å². The Morgan fingerprint density at radius 2 is 1.33 bits per heavy atom. The standard InChI is InChI=1S/C18H14BrNO/c19-16-12-7-13-20-18(16)21-17(14-8-3-1-4-9-14)15-10-5-2-6-11-15/h1-13,17H. The molecule has 1 heterocycles. The van der Waals surface area contributed by atoms with E-state index < -0.39 is 0 Å². The van der Waals surface area contributed by atoms with Gasteiger partial charge in [-0.1, -0.05) is 60.7 Å². The number of hydrogen-bond acceptors (Lipinski definition) is 2. The molecule has 0 unspecified atom stereocenters. The Balaban J connectivity index is 1.99. The lowest BCUT2D eigenvalue weighted by molar-refractivity contribution is 0.235. The van der Waals surface area contributed by atoms with Gasteiger partial charge in [0.1, 0.15) is 0 Å². The fourth-order valence-electron chi connectivity index (χ4n) is 2.15. The van der Waals surface area contributed by atoms with E-state index in [4.69, 9.17) is 4.74 Å². The van der Waals surface area contributed by atoms with Crippen molar-refractivity contribution >= 4 is 15.9 Å². The summed E-state index contributed by atoms with van der Waals surface area (Å²) < 4.78 is 7.01. The van der Waals surface area contributed by atoms with Crippen molar-refractivity contribution in [3.05, 3.63) is 94.6 Å². The number of rotatable bonds is 4. The van der Waals surface area contributed by atoms with Crippen molar-refractivity contribution < 1.29 is 4.74 Å². The first kappa shape index (κ1) is 13.8. The van der Waals surface area contributed by atoms with Crippen molar-refractivity contribution in [3.63, 3.8) is 0 Å². The quantitative estimate of drug-likeness (QED) is 0.666. The van der Waals surface area contributed by atoms with Crippen LogP contribution in [-0.2, 0) is 0 Å². The Morgan fingerprint density at radius 3 is 1.86 bits per heavy atom. The lowest BCUT2D eigenvalue weighted by Crippen LogP contribution is -2.10. The fourth-order valence-corrected chi connectivity index (χ4v) is 2.50. The van der Waals surface area contributed by atoms with Gasteiger partial charge in [0, 0.05) is 6.20 Å². The van der Waals surface area contributed by atoms with Crippen molar-refractivity contribution in [1.29, 1.82) is 0 Å². The second kappa shape index (κ2) is 6.55. The summed E-state index contributed by atoms with van der Waals surface area (Å²) in [6.07, 6.45) is 1.55. The number of halogens is 1. The third kappa shape index (κ3) is 3.31. The number of nitrogens with zero attached hydrogens (tertiary/aromatic N) is 1. The van der Waals surface area contributed by atoms with E-state index in [1.54, 1.807) is 6.20 Å². The van der Waals surface area contributed by atoms with E-state index in [1.165, 1.54) is 0 Å². The first-order valence-electron chi connectivity index (χ1n) is 6.71. The maximum Gasteiger partial charge on any atom is 0.228 e. The minimum absolute atomic E-state index is 0.182. The molecule has 0 aliphatic rings. The van der Waals surface area contributed by atoms with Crippen molar-refractivity contribution in [2.45, 2.75) is 6.10 Å². The molecular weight excluding hydrogens is 326 g/mol. The molecule has 2 nitrogen and oxygen atoms in total. The molecule has 0 atom stereocenters. The van der Waals surface area contributed by atoms with Gasteiger partial charge in [0.2, 0.25) is 5.88 Å². The minimum atomic E-state index is -0.182. The number of hydrogen-bond donors (Lipinski definition) is 0. The minimum Gasteiger partial charge on any atom is -0.464 e. The second-order valence-electron chi connectivity index (χ2n) is 4.61. The Morgan fingerprint density at radius 1 is 0.762 bits per heavy atom. The van der Waals surface area contributed by atoms with E-state index in [1.807, 2.05) is 48.5 Å². The first-order valence-corrected chi connectivity index (χ1v) is 7.51. The molecule has 21 heavy (non-hydrogen) atoms. The number of benzene rings is 2. The van der Waals surface area contributed by atoms with E-state index in [0.717, 1.165) is 15.6 Å². The average molecular weight is 340 g/mol. The molecule has 1 aromatic heterocycles. The smallest absolute Gasteiger partial charge is 0.228 e. The van der Waals surface area contributed by atoms with Gasteiger partial charge in [-0.25, -0.2) is 4.98 Å². The third-order valence-corrected chi connectivity index (χ3v) is 3.76. The van der Waals surface area contributed by atoms with Crippen LogP contribution in [0.5, 0.6) is 5.88 Å². The van der Waals surface area contributed by atoms with Gasteiger partial charge >= 0.3 is 0 Å². The Bertz CT molecular complexity index is 661. The highest BCUT2D eigenvalue weighted by atomic mass is 79.9. The lowest BCUT2D eigenvalue weighted by Gasteiger charge is -2.20. The van der Waals surface area contributed by atoms with Crippen LogP contribution in [0.25, 0.3) is 0 Å². The zero-order valence-corrected chi connectivity index (χ0v) is 12.9. The molecule has 0 aliphatic carbocycles. The first-order chi connectivity index (χ1) is 10.3. The van der Waals surface area contributed by atoms with Crippen LogP contribution in [0, 0.1) is 0 Å². The van der Waals surface area contributed by atoms with E-state index in [-0.39, 0.29) is 6.10 Å². The summed E-state index contributed by atoms with van der Waals surface area (Å²) in [5, 5.41) is 0. The monoisotopic (exact) mass is 339 g/mol. The highest BCUT2D eigenvalue weighted by molar-refractivity contribution is 9.10. The van der Waals surface area contributed by atoms with E-state index >= 15 is 0 Å². The van der Waals surface area contributed by atoms with Crippen LogP contribution in [0.4, 0.5) is 0 Å². The SMILES string of the molecule is Brc1cccnc1OC(c1ccccc1)c1ccccc1. The summed E-state index contributed by atoms with van der Waals surface area (Å²) in [6, 6.07) is 24.1. The molecule has 2 aromatic carbocycles. The lowest BCUT2D eigenvalue weighted by atomic mass is 10.0. The van der Waals surface area contributed by atoms with Crippen molar-refractivity contribution in [2.75, 3.05) is 0 Å². The molecule has 0 saturated heterocycles. The number of pyridine rings is 1. The van der Waals surface area contributed by atoms with Gasteiger partial charge in [-0.2, -0.15) is 0 Å². The topological polar surface area (TPSA) is 22.1 Å². The largest absolute Gasteiger partial charge is 0.464 e. The molecule has 0 saturated carbocycles. The van der Waals surface area contributed by atoms with Gasteiger partial charge in [0.05, 0.1) is 4.47 Å². The highest BCUT2D eigenvalue weighted by Gasteiger charge is 2.17. The van der Waals surface area contributed by atoms with E-state index in [9.17, 15) is 0 Å². The van der Waals surface area contributed by atoms with Crippen LogP contribution in [0.1, 0.15) is 17.2 Å². The zero-order valence-electron chi connectivity index (χ0n) is 11.3. The molecule has 0 fully saturated rings. The molecule has 0 spiro atoms. The van der Waals surface area contributed by atoms with Crippen molar-refractivity contribution in [2.24, 2.45) is 0 Å². The zero-order chi connectivity index (χ0) is 14.5. The molecule has 104 valence electrons. The molecule has 3 rings (SSSR count). The molecule has 0 aliphatic heterocycles. The van der Waals surface area contributed by atoms with Crippen LogP contribution in [0.2, 0.25) is 0 Å². The van der Waals surface area contributed by atoms with Gasteiger partial charge in [-0.15, -0.1) is 0 Å². The average Bonchev–Trinajstić information content (AvgIpc) is 2.56. The third-order valence-electron chi connectivity index (χ3n) is 3.16. The Labute approximate surface area is 132 Å². The summed E-state index contributed by atoms with van der Waals surface area (Å²) in [4.78, 5) is 4.30. The van der Waals surface area contributed by atoms with Crippen LogP contribution in [-0.4, -0.2) is 4.98 Å². The highest BCUT2D eigenvalue weighted by Crippen LogP contribution is 2.30. The predicted molar refractivity (Wildman–Crippen MR) is 87.3 cm³/mol. The molecule has 0 N–H and O–H groups in total. The molecule has 0 radical (unpaired) electrons. The van der Waals surface area contributed by atoms with E-state index in [2.05, 4.69) is 45.2 Å². The molecule has 3 aromatic rings. The van der Waals surface area contributed by atoms with Crippen LogP contribution >= 0.6 is 15.9 Å². The van der Waals surface area contributed by atoms with E-state index in [0.29, 0.717) is 5.88 Å². The van der Waals surface area contributed by atoms with Crippen molar-refractivity contribution in [3.8, 4) is 5.88 Å². The predicted octanol–water partition coefficient (Wildman–Crippen LogP) is 5.01. The van der Waals surface area contributed by atoms with Crippen LogP contribution < -0.4 is 4.74 Å². The maximum absolute atomic E-state index is 6.16.